The Morgan fingerprint density at radius 2 is 2.31 bits per heavy atom. The van der Waals surface area contributed by atoms with Crippen LogP contribution >= 0.6 is 11.3 Å². The van der Waals surface area contributed by atoms with Crippen molar-refractivity contribution in [2.45, 2.75) is 51.5 Å². The molecule has 0 radical (unpaired) electrons. The van der Waals surface area contributed by atoms with Gasteiger partial charge in [-0.25, -0.2) is 4.98 Å². The first-order valence-corrected chi connectivity index (χ1v) is 7.40. The van der Waals surface area contributed by atoms with Gasteiger partial charge in [0.25, 0.3) is 0 Å². The first-order chi connectivity index (χ1) is 7.90. The van der Waals surface area contributed by atoms with Gasteiger partial charge in [0.05, 0.1) is 5.01 Å². The summed E-state index contributed by atoms with van der Waals surface area (Å²) < 4.78 is 0. The van der Waals surface area contributed by atoms with E-state index >= 15 is 0 Å². The molecule has 0 amide bonds. The molecular weight excluding hydrogens is 216 g/mol. The number of hydrogen-bond donors (Lipinski definition) is 1. The van der Waals surface area contributed by atoms with Crippen LogP contribution in [0.25, 0.3) is 0 Å². The smallest absolute Gasteiger partial charge is 0.0940 e. The monoisotopic (exact) mass is 238 g/mol. The Balaban J connectivity index is 1.90. The van der Waals surface area contributed by atoms with Gasteiger partial charge in [-0.05, 0) is 31.7 Å². The third-order valence-electron chi connectivity index (χ3n) is 3.50. The summed E-state index contributed by atoms with van der Waals surface area (Å²) in [4.78, 5) is 4.41. The molecule has 2 rings (SSSR count). The van der Waals surface area contributed by atoms with E-state index in [9.17, 15) is 0 Å². The van der Waals surface area contributed by atoms with Crippen LogP contribution in [-0.2, 0) is 6.42 Å². The predicted molar refractivity (Wildman–Crippen MR) is 69.9 cm³/mol. The van der Waals surface area contributed by atoms with Gasteiger partial charge in [-0.3, -0.25) is 0 Å². The number of thiazole rings is 1. The van der Waals surface area contributed by atoms with Crippen LogP contribution in [0, 0.1) is 5.92 Å². The molecule has 0 bridgehead atoms. The largest absolute Gasteiger partial charge is 0.313 e. The van der Waals surface area contributed by atoms with Gasteiger partial charge in [0.2, 0.25) is 0 Å². The molecular formula is C13H22N2S. The molecule has 1 aliphatic rings. The number of aromatic nitrogens is 1. The Labute approximate surface area is 102 Å². The fraction of sp³-hybridized carbons (Fsp3) is 0.769. The van der Waals surface area contributed by atoms with Gasteiger partial charge in [0, 0.05) is 24.0 Å². The molecule has 90 valence electrons. The van der Waals surface area contributed by atoms with Crippen LogP contribution < -0.4 is 5.32 Å². The summed E-state index contributed by atoms with van der Waals surface area (Å²) in [6.07, 6.45) is 9.94. The lowest BCUT2D eigenvalue weighted by Crippen LogP contribution is -2.37. The summed E-state index contributed by atoms with van der Waals surface area (Å²) in [5.41, 5.74) is 0. The van der Waals surface area contributed by atoms with Gasteiger partial charge in [-0.2, -0.15) is 0 Å². The maximum atomic E-state index is 4.41. The lowest BCUT2D eigenvalue weighted by molar-refractivity contribution is 0.356. The zero-order valence-corrected chi connectivity index (χ0v) is 10.9. The van der Waals surface area contributed by atoms with Crippen LogP contribution in [0.4, 0.5) is 0 Å². The fourth-order valence-corrected chi connectivity index (χ4v) is 3.31. The second-order valence-electron chi connectivity index (χ2n) is 4.74. The Morgan fingerprint density at radius 3 is 2.94 bits per heavy atom. The van der Waals surface area contributed by atoms with E-state index in [4.69, 9.17) is 0 Å². The Kier molecular flexibility index (Phi) is 4.79. The van der Waals surface area contributed by atoms with Crippen LogP contribution in [0.1, 0.15) is 44.0 Å². The standard InChI is InChI=1S/C13H22N2S/c1-2-7-14-12(11-5-3-4-6-11)10-13-15-8-9-16-13/h8-9,11-12,14H,2-7,10H2,1H3. The second kappa shape index (κ2) is 6.36. The SMILES string of the molecule is CCCNC(Cc1nccs1)C1CCCC1. The molecule has 0 aromatic carbocycles. The summed E-state index contributed by atoms with van der Waals surface area (Å²) in [6.45, 7) is 3.38. The van der Waals surface area contributed by atoms with Crippen molar-refractivity contribution in [2.75, 3.05) is 6.54 Å². The molecule has 0 saturated heterocycles. The van der Waals surface area contributed by atoms with Crippen molar-refractivity contribution in [1.82, 2.24) is 10.3 Å². The van der Waals surface area contributed by atoms with Crippen molar-refractivity contribution >= 4 is 11.3 Å². The average Bonchev–Trinajstić information content (AvgIpc) is 2.96. The van der Waals surface area contributed by atoms with E-state index in [0.29, 0.717) is 6.04 Å². The number of hydrogen-bond acceptors (Lipinski definition) is 3. The minimum absolute atomic E-state index is 0.661. The number of nitrogens with zero attached hydrogens (tertiary/aromatic N) is 1. The lowest BCUT2D eigenvalue weighted by Gasteiger charge is -2.23. The average molecular weight is 238 g/mol. The molecule has 1 unspecified atom stereocenters. The lowest BCUT2D eigenvalue weighted by atomic mass is 9.95. The van der Waals surface area contributed by atoms with Gasteiger partial charge in [-0.1, -0.05) is 19.8 Å². The second-order valence-corrected chi connectivity index (χ2v) is 5.71. The van der Waals surface area contributed by atoms with E-state index in [0.717, 1.165) is 18.9 Å². The van der Waals surface area contributed by atoms with Gasteiger partial charge in [0.15, 0.2) is 0 Å². The summed E-state index contributed by atoms with van der Waals surface area (Å²) in [7, 11) is 0. The van der Waals surface area contributed by atoms with Crippen LogP contribution in [0.5, 0.6) is 0 Å². The minimum atomic E-state index is 0.661. The van der Waals surface area contributed by atoms with Crippen molar-refractivity contribution in [3.8, 4) is 0 Å². The first-order valence-electron chi connectivity index (χ1n) is 6.52. The highest BCUT2D eigenvalue weighted by Crippen LogP contribution is 2.29. The Morgan fingerprint density at radius 1 is 1.50 bits per heavy atom. The van der Waals surface area contributed by atoms with E-state index in [1.54, 1.807) is 11.3 Å². The highest BCUT2D eigenvalue weighted by molar-refractivity contribution is 7.09. The van der Waals surface area contributed by atoms with Crippen molar-refractivity contribution in [2.24, 2.45) is 5.92 Å². The summed E-state index contributed by atoms with van der Waals surface area (Å²) >= 11 is 1.79. The predicted octanol–water partition coefficient (Wildman–Crippen LogP) is 3.24. The summed E-state index contributed by atoms with van der Waals surface area (Å²) in [5, 5.41) is 7.09. The quantitative estimate of drug-likeness (QED) is 0.823. The van der Waals surface area contributed by atoms with Crippen LogP contribution in [0.3, 0.4) is 0 Å². The Bertz CT molecular complexity index is 278. The highest BCUT2D eigenvalue weighted by atomic mass is 32.1. The molecule has 3 heteroatoms. The molecule has 1 N–H and O–H groups in total. The van der Waals surface area contributed by atoms with E-state index in [2.05, 4.69) is 22.6 Å². The van der Waals surface area contributed by atoms with Gasteiger partial charge in [0.1, 0.15) is 0 Å². The van der Waals surface area contributed by atoms with Crippen LogP contribution in [0.15, 0.2) is 11.6 Å². The fourth-order valence-electron chi connectivity index (χ4n) is 2.64. The van der Waals surface area contributed by atoms with Gasteiger partial charge >= 0.3 is 0 Å². The molecule has 16 heavy (non-hydrogen) atoms. The normalized spacial score (nSPS) is 19.1. The maximum Gasteiger partial charge on any atom is 0.0940 e. The third-order valence-corrected chi connectivity index (χ3v) is 4.31. The van der Waals surface area contributed by atoms with Gasteiger partial charge < -0.3 is 5.32 Å². The molecule has 1 atom stereocenters. The maximum absolute atomic E-state index is 4.41. The van der Waals surface area contributed by atoms with E-state index in [-0.39, 0.29) is 0 Å². The minimum Gasteiger partial charge on any atom is -0.313 e. The van der Waals surface area contributed by atoms with Crippen LogP contribution in [-0.4, -0.2) is 17.6 Å². The summed E-state index contributed by atoms with van der Waals surface area (Å²) in [5.74, 6) is 0.885. The molecule has 1 fully saturated rings. The van der Waals surface area contributed by atoms with Crippen molar-refractivity contribution < 1.29 is 0 Å². The van der Waals surface area contributed by atoms with Crippen molar-refractivity contribution in [3.63, 3.8) is 0 Å². The van der Waals surface area contributed by atoms with Crippen molar-refractivity contribution in [1.29, 1.82) is 0 Å². The van der Waals surface area contributed by atoms with E-state index < -0.39 is 0 Å². The van der Waals surface area contributed by atoms with Crippen molar-refractivity contribution in [3.05, 3.63) is 16.6 Å². The zero-order valence-electron chi connectivity index (χ0n) is 10.1. The van der Waals surface area contributed by atoms with E-state index in [1.165, 1.54) is 37.1 Å². The summed E-state index contributed by atoms with van der Waals surface area (Å²) in [6, 6.07) is 0.661. The highest BCUT2D eigenvalue weighted by Gasteiger charge is 2.25. The first kappa shape index (κ1) is 12.1. The Hall–Kier alpha value is -0.410. The van der Waals surface area contributed by atoms with E-state index in [1.807, 2.05) is 6.20 Å². The molecule has 2 nitrogen and oxygen atoms in total. The van der Waals surface area contributed by atoms with Gasteiger partial charge in [-0.15, -0.1) is 11.3 Å². The molecule has 0 spiro atoms. The number of rotatable bonds is 6. The van der Waals surface area contributed by atoms with Crippen LogP contribution in [0.2, 0.25) is 0 Å². The third kappa shape index (κ3) is 3.29. The molecule has 1 heterocycles. The molecule has 1 aromatic rings. The molecule has 1 aliphatic carbocycles. The number of nitrogens with one attached hydrogen (secondary N) is 1. The molecule has 1 saturated carbocycles. The molecule has 1 aromatic heterocycles. The zero-order chi connectivity index (χ0) is 11.2. The topological polar surface area (TPSA) is 24.9 Å². The molecule has 0 aliphatic heterocycles.